The third kappa shape index (κ3) is 3.73. The summed E-state index contributed by atoms with van der Waals surface area (Å²) < 4.78 is 5.60. The molecule has 0 aliphatic carbocycles. The predicted molar refractivity (Wildman–Crippen MR) is 73.7 cm³/mol. The van der Waals surface area contributed by atoms with Gasteiger partial charge in [-0.3, -0.25) is 0 Å². The lowest BCUT2D eigenvalue weighted by Gasteiger charge is -2.17. The molecule has 0 radical (unpaired) electrons. The van der Waals surface area contributed by atoms with Crippen LogP contribution in [0.5, 0.6) is 0 Å². The van der Waals surface area contributed by atoms with Crippen LogP contribution in [0.2, 0.25) is 0 Å². The number of oxazole rings is 1. The number of hydrogen-bond donors (Lipinski definition) is 1. The van der Waals surface area contributed by atoms with Gasteiger partial charge in [0.1, 0.15) is 6.26 Å². The van der Waals surface area contributed by atoms with Gasteiger partial charge in [0.2, 0.25) is 0 Å². The quantitative estimate of drug-likeness (QED) is 0.893. The van der Waals surface area contributed by atoms with Crippen molar-refractivity contribution in [1.82, 2.24) is 10.3 Å². The molecular formula is C14H25N3O. The minimum atomic E-state index is 0.476. The van der Waals surface area contributed by atoms with E-state index in [4.69, 9.17) is 4.42 Å². The Labute approximate surface area is 110 Å². The molecular weight excluding hydrogens is 226 g/mol. The lowest BCUT2D eigenvalue weighted by molar-refractivity contribution is 0.513. The van der Waals surface area contributed by atoms with Gasteiger partial charge >= 0.3 is 0 Å². The van der Waals surface area contributed by atoms with Crippen LogP contribution in [-0.2, 0) is 6.54 Å². The number of aromatic nitrogens is 1. The Hall–Kier alpha value is -1.03. The maximum Gasteiger partial charge on any atom is 0.297 e. The second-order valence-corrected chi connectivity index (χ2v) is 5.68. The van der Waals surface area contributed by atoms with Gasteiger partial charge in [0, 0.05) is 25.7 Å². The summed E-state index contributed by atoms with van der Waals surface area (Å²) in [5.74, 6) is 0.826. The number of anilines is 1. The Morgan fingerprint density at radius 2 is 2.28 bits per heavy atom. The molecule has 0 bridgehead atoms. The fraction of sp³-hybridized carbons (Fsp3) is 0.786. The lowest BCUT2D eigenvalue weighted by atomic mass is 10.0. The average Bonchev–Trinajstić information content (AvgIpc) is 2.69. The lowest BCUT2D eigenvalue weighted by Crippen LogP contribution is -2.25. The molecule has 1 unspecified atom stereocenters. The van der Waals surface area contributed by atoms with Gasteiger partial charge in [-0.15, -0.1) is 0 Å². The molecule has 1 saturated heterocycles. The predicted octanol–water partition coefficient (Wildman–Crippen LogP) is 2.80. The van der Waals surface area contributed by atoms with E-state index in [1.165, 1.54) is 19.3 Å². The van der Waals surface area contributed by atoms with E-state index < -0.39 is 0 Å². The first-order valence-electron chi connectivity index (χ1n) is 7.08. The van der Waals surface area contributed by atoms with E-state index in [1.807, 2.05) is 0 Å². The van der Waals surface area contributed by atoms with E-state index in [0.717, 1.165) is 37.3 Å². The molecule has 4 heteroatoms. The smallest absolute Gasteiger partial charge is 0.297 e. The van der Waals surface area contributed by atoms with Crippen LogP contribution in [0.25, 0.3) is 0 Å². The molecule has 2 heterocycles. The summed E-state index contributed by atoms with van der Waals surface area (Å²) in [5.41, 5.74) is 0.996. The highest BCUT2D eigenvalue weighted by atomic mass is 16.4. The molecule has 1 fully saturated rings. The number of nitrogens with one attached hydrogen (secondary N) is 1. The molecule has 1 aliphatic heterocycles. The van der Waals surface area contributed by atoms with Gasteiger partial charge in [0.15, 0.2) is 0 Å². The summed E-state index contributed by atoms with van der Waals surface area (Å²) in [4.78, 5) is 6.85. The molecule has 4 nitrogen and oxygen atoms in total. The van der Waals surface area contributed by atoms with Crippen LogP contribution in [0.3, 0.4) is 0 Å². The Morgan fingerprint density at radius 3 is 3.06 bits per heavy atom. The van der Waals surface area contributed by atoms with Crippen LogP contribution in [0, 0.1) is 5.92 Å². The van der Waals surface area contributed by atoms with E-state index in [-0.39, 0.29) is 0 Å². The highest BCUT2D eigenvalue weighted by Gasteiger charge is 2.17. The van der Waals surface area contributed by atoms with Gasteiger partial charge in [0.25, 0.3) is 6.01 Å². The summed E-state index contributed by atoms with van der Waals surface area (Å²) in [5, 5.41) is 3.36. The van der Waals surface area contributed by atoms with Gasteiger partial charge < -0.3 is 14.6 Å². The Bertz CT molecular complexity index is 362. The van der Waals surface area contributed by atoms with E-state index >= 15 is 0 Å². The van der Waals surface area contributed by atoms with Gasteiger partial charge in [-0.05, 0) is 25.2 Å². The van der Waals surface area contributed by atoms with Crippen molar-refractivity contribution >= 4 is 6.01 Å². The summed E-state index contributed by atoms with van der Waals surface area (Å²) in [7, 11) is 0. The van der Waals surface area contributed by atoms with Crippen LogP contribution < -0.4 is 10.2 Å². The van der Waals surface area contributed by atoms with Crippen molar-refractivity contribution in [2.45, 2.75) is 52.6 Å². The first kappa shape index (κ1) is 13.4. The molecule has 0 aromatic carbocycles. The Balaban J connectivity index is 1.92. The maximum absolute atomic E-state index is 5.60. The van der Waals surface area contributed by atoms with Crippen molar-refractivity contribution in [2.24, 2.45) is 5.92 Å². The number of nitrogens with zero attached hydrogens (tertiary/aromatic N) is 2. The molecule has 1 atom stereocenters. The first-order chi connectivity index (χ1) is 8.65. The van der Waals surface area contributed by atoms with E-state index in [9.17, 15) is 0 Å². The summed E-state index contributed by atoms with van der Waals surface area (Å²) >= 11 is 0. The summed E-state index contributed by atoms with van der Waals surface area (Å²) in [6.45, 7) is 9.53. The SMILES string of the molecule is CC1CCCN(c2nc(CNC(C)C)co2)CC1. The number of hydrogen-bond acceptors (Lipinski definition) is 4. The van der Waals surface area contributed by atoms with Crippen molar-refractivity contribution in [2.75, 3.05) is 18.0 Å². The van der Waals surface area contributed by atoms with E-state index in [1.54, 1.807) is 6.26 Å². The standard InChI is InChI=1S/C14H25N3O/c1-11(2)15-9-13-10-18-14(16-13)17-7-4-5-12(3)6-8-17/h10-12,15H,4-9H2,1-3H3. The Kier molecular flexibility index (Phi) is 4.64. The highest BCUT2D eigenvalue weighted by Crippen LogP contribution is 2.21. The summed E-state index contributed by atoms with van der Waals surface area (Å²) in [6.07, 6.45) is 5.57. The van der Waals surface area contributed by atoms with Crippen molar-refractivity contribution in [3.05, 3.63) is 12.0 Å². The minimum absolute atomic E-state index is 0.476. The zero-order valence-corrected chi connectivity index (χ0v) is 11.8. The molecule has 1 N–H and O–H groups in total. The topological polar surface area (TPSA) is 41.3 Å². The van der Waals surface area contributed by atoms with Crippen LogP contribution in [0.15, 0.2) is 10.7 Å². The normalized spacial score (nSPS) is 21.3. The zero-order valence-electron chi connectivity index (χ0n) is 11.8. The van der Waals surface area contributed by atoms with Gasteiger partial charge in [-0.2, -0.15) is 4.98 Å². The molecule has 102 valence electrons. The monoisotopic (exact) mass is 251 g/mol. The Morgan fingerprint density at radius 1 is 1.44 bits per heavy atom. The molecule has 2 rings (SSSR count). The summed E-state index contributed by atoms with van der Waals surface area (Å²) in [6, 6.07) is 1.27. The average molecular weight is 251 g/mol. The maximum atomic E-state index is 5.60. The highest BCUT2D eigenvalue weighted by molar-refractivity contribution is 5.27. The third-order valence-corrected chi connectivity index (χ3v) is 3.52. The van der Waals surface area contributed by atoms with Crippen LogP contribution in [0.4, 0.5) is 6.01 Å². The van der Waals surface area contributed by atoms with Gasteiger partial charge in [-0.1, -0.05) is 20.8 Å². The minimum Gasteiger partial charge on any atom is -0.432 e. The van der Waals surface area contributed by atoms with Crippen molar-refractivity contribution in [3.63, 3.8) is 0 Å². The van der Waals surface area contributed by atoms with E-state index in [0.29, 0.717) is 6.04 Å². The molecule has 1 aromatic rings. The zero-order chi connectivity index (χ0) is 13.0. The largest absolute Gasteiger partial charge is 0.432 e. The van der Waals surface area contributed by atoms with Crippen LogP contribution in [-0.4, -0.2) is 24.1 Å². The number of rotatable bonds is 4. The molecule has 0 saturated carbocycles. The van der Waals surface area contributed by atoms with Crippen LogP contribution in [0.1, 0.15) is 45.7 Å². The molecule has 1 aliphatic rings. The molecule has 0 amide bonds. The fourth-order valence-corrected chi connectivity index (χ4v) is 2.29. The second-order valence-electron chi connectivity index (χ2n) is 5.68. The van der Waals surface area contributed by atoms with Crippen molar-refractivity contribution in [3.8, 4) is 0 Å². The molecule has 1 aromatic heterocycles. The van der Waals surface area contributed by atoms with Crippen LogP contribution >= 0.6 is 0 Å². The van der Waals surface area contributed by atoms with E-state index in [2.05, 4.69) is 36.0 Å². The fourth-order valence-electron chi connectivity index (χ4n) is 2.29. The van der Waals surface area contributed by atoms with Gasteiger partial charge in [-0.25, -0.2) is 0 Å². The molecule has 18 heavy (non-hydrogen) atoms. The first-order valence-corrected chi connectivity index (χ1v) is 7.08. The third-order valence-electron chi connectivity index (χ3n) is 3.52. The van der Waals surface area contributed by atoms with Crippen molar-refractivity contribution < 1.29 is 4.42 Å². The van der Waals surface area contributed by atoms with Gasteiger partial charge in [0.05, 0.1) is 5.69 Å². The second kappa shape index (κ2) is 6.23. The molecule has 0 spiro atoms. The van der Waals surface area contributed by atoms with Crippen molar-refractivity contribution in [1.29, 1.82) is 0 Å².